The van der Waals surface area contributed by atoms with Crippen LogP contribution in [0.4, 0.5) is 0 Å². The smallest absolute Gasteiger partial charge is 0.356 e. The molecule has 1 aromatic heterocycles. The molecule has 0 aromatic carbocycles. The van der Waals surface area contributed by atoms with Gasteiger partial charge in [0.1, 0.15) is 0 Å². The Balaban J connectivity index is 2.12. The van der Waals surface area contributed by atoms with Crippen molar-refractivity contribution in [2.45, 2.75) is 6.42 Å². The van der Waals surface area contributed by atoms with Crippen molar-refractivity contribution in [3.05, 3.63) is 35.6 Å². The van der Waals surface area contributed by atoms with Crippen molar-refractivity contribution in [1.29, 1.82) is 0 Å². The molecule has 2 heterocycles. The second kappa shape index (κ2) is 3.69. The van der Waals surface area contributed by atoms with E-state index in [1.807, 2.05) is 0 Å². The van der Waals surface area contributed by atoms with Crippen LogP contribution in [-0.4, -0.2) is 22.5 Å². The molecule has 3 rings (SSSR count). The Morgan fingerprint density at radius 3 is 2.61 bits per heavy atom. The maximum Gasteiger partial charge on any atom is 0.356 e. The predicted octanol–water partition coefficient (Wildman–Crippen LogP) is 0.0569. The lowest BCUT2D eigenvalue weighted by Gasteiger charge is -2.12. The number of aromatic nitrogens is 1. The minimum absolute atomic E-state index is 0.0585. The first kappa shape index (κ1) is 10.5. The molecule has 0 saturated heterocycles. The molecular weight excluding hydrogens is 238 g/mol. The number of carbonyl (C=O) groups is 3. The van der Waals surface area contributed by atoms with E-state index < -0.39 is 11.9 Å². The average Bonchev–Trinajstić information content (AvgIpc) is 2.62. The zero-order valence-corrected chi connectivity index (χ0v) is 9.08. The summed E-state index contributed by atoms with van der Waals surface area (Å²) in [5.74, 6) is -1.33. The van der Waals surface area contributed by atoms with Crippen molar-refractivity contribution in [2.24, 2.45) is 0 Å². The van der Waals surface area contributed by atoms with Crippen LogP contribution in [0.25, 0.3) is 6.08 Å². The van der Waals surface area contributed by atoms with E-state index in [0.29, 0.717) is 11.3 Å². The molecule has 90 valence electrons. The third-order valence-electron chi connectivity index (χ3n) is 2.58. The summed E-state index contributed by atoms with van der Waals surface area (Å²) in [7, 11) is 0. The topological polar surface area (TPSA) is 74.6 Å². The SMILES string of the molecule is O=C1C=Cc2c(cc3n2OC(=O)/C=C/C(=O)O3)C1. The van der Waals surface area contributed by atoms with E-state index in [1.165, 1.54) is 18.2 Å². The second-order valence-corrected chi connectivity index (χ2v) is 3.83. The number of esters is 1. The summed E-state index contributed by atoms with van der Waals surface area (Å²) in [6.07, 6.45) is 5.07. The van der Waals surface area contributed by atoms with E-state index in [2.05, 4.69) is 0 Å². The Hall–Kier alpha value is -2.63. The Labute approximate surface area is 101 Å². The molecule has 0 fully saturated rings. The molecular formula is C12H7NO5. The van der Waals surface area contributed by atoms with Gasteiger partial charge in [0, 0.05) is 24.6 Å². The molecule has 6 heteroatoms. The Morgan fingerprint density at radius 1 is 1.00 bits per heavy atom. The van der Waals surface area contributed by atoms with E-state index in [0.717, 1.165) is 16.9 Å². The fourth-order valence-corrected chi connectivity index (χ4v) is 1.82. The third kappa shape index (κ3) is 1.64. The molecule has 2 aliphatic rings. The van der Waals surface area contributed by atoms with Crippen molar-refractivity contribution in [2.75, 3.05) is 0 Å². The van der Waals surface area contributed by atoms with Gasteiger partial charge in [-0.1, -0.05) is 0 Å². The van der Waals surface area contributed by atoms with Crippen LogP contribution >= 0.6 is 0 Å². The molecule has 0 unspecified atom stereocenters. The van der Waals surface area contributed by atoms with Gasteiger partial charge < -0.3 is 9.57 Å². The molecule has 0 atom stereocenters. The van der Waals surface area contributed by atoms with Gasteiger partial charge in [-0.3, -0.25) is 4.79 Å². The first-order valence-corrected chi connectivity index (χ1v) is 5.21. The van der Waals surface area contributed by atoms with Crippen LogP contribution in [0, 0.1) is 0 Å². The summed E-state index contributed by atoms with van der Waals surface area (Å²) < 4.78 is 6.10. The van der Waals surface area contributed by atoms with Gasteiger partial charge in [0.05, 0.1) is 5.69 Å². The van der Waals surface area contributed by atoms with Crippen LogP contribution in [0.5, 0.6) is 5.88 Å². The van der Waals surface area contributed by atoms with Gasteiger partial charge in [0.15, 0.2) is 5.78 Å². The summed E-state index contributed by atoms with van der Waals surface area (Å²) in [5.41, 5.74) is 1.18. The monoisotopic (exact) mass is 245 g/mol. The summed E-state index contributed by atoms with van der Waals surface area (Å²) in [6, 6.07) is 1.51. The highest BCUT2D eigenvalue weighted by molar-refractivity contribution is 5.98. The normalized spacial score (nSPS) is 19.2. The fraction of sp³-hybridized carbons (Fsp3) is 0.0833. The van der Waals surface area contributed by atoms with Crippen molar-refractivity contribution >= 4 is 23.8 Å². The lowest BCUT2D eigenvalue weighted by molar-refractivity contribution is -0.142. The lowest BCUT2D eigenvalue weighted by atomic mass is 10.0. The number of ketones is 1. The van der Waals surface area contributed by atoms with Gasteiger partial charge in [-0.25, -0.2) is 9.59 Å². The zero-order valence-electron chi connectivity index (χ0n) is 9.08. The molecule has 0 bridgehead atoms. The summed E-state index contributed by atoms with van der Waals surface area (Å²) in [5, 5.41) is 0. The molecule has 0 radical (unpaired) electrons. The average molecular weight is 245 g/mol. The molecule has 0 spiro atoms. The van der Waals surface area contributed by atoms with Gasteiger partial charge >= 0.3 is 11.9 Å². The number of hydrogen-bond donors (Lipinski definition) is 0. The zero-order chi connectivity index (χ0) is 12.7. The molecule has 0 saturated carbocycles. The Kier molecular flexibility index (Phi) is 2.16. The molecule has 18 heavy (non-hydrogen) atoms. The van der Waals surface area contributed by atoms with Crippen LogP contribution in [-0.2, 0) is 20.8 Å². The number of hydrogen-bond acceptors (Lipinski definition) is 5. The molecule has 0 amide bonds. The van der Waals surface area contributed by atoms with E-state index in [-0.39, 0.29) is 18.1 Å². The second-order valence-electron chi connectivity index (χ2n) is 3.83. The summed E-state index contributed by atoms with van der Waals surface area (Å²) >= 11 is 0. The van der Waals surface area contributed by atoms with Crippen molar-refractivity contribution < 1.29 is 24.0 Å². The quantitative estimate of drug-likeness (QED) is 0.604. The van der Waals surface area contributed by atoms with Crippen LogP contribution in [0.2, 0.25) is 0 Å². The van der Waals surface area contributed by atoms with Crippen LogP contribution in [0.15, 0.2) is 24.3 Å². The highest BCUT2D eigenvalue weighted by Gasteiger charge is 2.24. The lowest BCUT2D eigenvalue weighted by Crippen LogP contribution is -2.24. The predicted molar refractivity (Wildman–Crippen MR) is 58.5 cm³/mol. The van der Waals surface area contributed by atoms with Crippen molar-refractivity contribution in [3.63, 3.8) is 0 Å². The molecule has 6 nitrogen and oxygen atoms in total. The van der Waals surface area contributed by atoms with Gasteiger partial charge in [-0.2, -0.15) is 0 Å². The minimum atomic E-state index is -0.684. The Bertz CT molecular complexity index is 635. The van der Waals surface area contributed by atoms with E-state index in [1.54, 1.807) is 0 Å². The summed E-state index contributed by atoms with van der Waals surface area (Å²) in [4.78, 5) is 39.0. The maximum absolute atomic E-state index is 11.4. The van der Waals surface area contributed by atoms with Crippen molar-refractivity contribution in [1.82, 2.24) is 4.73 Å². The largest absolute Gasteiger partial charge is 0.403 e. The van der Waals surface area contributed by atoms with E-state index in [9.17, 15) is 14.4 Å². The number of carbonyl (C=O) groups excluding carboxylic acids is 3. The Morgan fingerprint density at radius 2 is 1.78 bits per heavy atom. The third-order valence-corrected chi connectivity index (χ3v) is 2.58. The fourth-order valence-electron chi connectivity index (χ4n) is 1.82. The van der Waals surface area contributed by atoms with Gasteiger partial charge in [0.2, 0.25) is 5.88 Å². The highest BCUT2D eigenvalue weighted by Crippen LogP contribution is 2.27. The number of fused-ring (bicyclic) bond motifs is 3. The van der Waals surface area contributed by atoms with E-state index in [4.69, 9.17) is 9.57 Å². The van der Waals surface area contributed by atoms with E-state index >= 15 is 0 Å². The standard InChI is InChI=1S/C12H7NO5/c14-8-1-2-9-7(5-8)6-10-13(9)18-12(16)4-3-11(15)17-10/h1-4,6H,5H2/b4-3+. The molecule has 1 aromatic rings. The van der Waals surface area contributed by atoms with Gasteiger partial charge in [0.25, 0.3) is 0 Å². The number of ether oxygens (including phenoxy) is 1. The highest BCUT2D eigenvalue weighted by atomic mass is 16.7. The van der Waals surface area contributed by atoms with Gasteiger partial charge in [-0.05, 0) is 17.7 Å². The first-order chi connectivity index (χ1) is 8.63. The maximum atomic E-state index is 11.4. The number of rotatable bonds is 0. The van der Waals surface area contributed by atoms with Crippen LogP contribution < -0.4 is 9.57 Å². The van der Waals surface area contributed by atoms with Crippen molar-refractivity contribution in [3.8, 4) is 5.88 Å². The van der Waals surface area contributed by atoms with Crippen LogP contribution in [0.1, 0.15) is 11.3 Å². The first-order valence-electron chi connectivity index (χ1n) is 5.21. The molecule has 0 N–H and O–H groups in total. The van der Waals surface area contributed by atoms with Crippen LogP contribution in [0.3, 0.4) is 0 Å². The number of allylic oxidation sites excluding steroid dienone is 1. The number of nitrogens with zero attached hydrogens (tertiary/aromatic N) is 1. The molecule has 1 aliphatic carbocycles. The molecule has 1 aliphatic heterocycles. The van der Waals surface area contributed by atoms with Gasteiger partial charge in [-0.15, -0.1) is 4.73 Å². The minimum Gasteiger partial charge on any atom is -0.403 e. The summed E-state index contributed by atoms with van der Waals surface area (Å²) in [6.45, 7) is 0.